The summed E-state index contributed by atoms with van der Waals surface area (Å²) in [5.41, 5.74) is 1.63. The second kappa shape index (κ2) is 7.64. The fourth-order valence-corrected chi connectivity index (χ4v) is 4.04. The molecule has 2 amide bonds. The molecule has 0 aliphatic carbocycles. The summed E-state index contributed by atoms with van der Waals surface area (Å²) in [4.78, 5) is 26.0. The summed E-state index contributed by atoms with van der Waals surface area (Å²) in [7, 11) is 1.63. The molecular weight excluding hydrogens is 356 g/mol. The van der Waals surface area contributed by atoms with E-state index in [-0.39, 0.29) is 11.8 Å². The van der Waals surface area contributed by atoms with Crippen molar-refractivity contribution in [1.82, 2.24) is 10.2 Å². The molecule has 1 atom stereocenters. The van der Waals surface area contributed by atoms with E-state index in [0.717, 1.165) is 24.1 Å². The highest BCUT2D eigenvalue weighted by Gasteiger charge is 2.50. The van der Waals surface area contributed by atoms with Crippen LogP contribution in [0, 0.1) is 5.41 Å². The van der Waals surface area contributed by atoms with E-state index in [4.69, 9.17) is 9.47 Å². The SMILES string of the molecule is COc1ccc(CN2CCC3(CC(=O)NC3=O)C2)cc1OCc1ccccc1. The van der Waals surface area contributed by atoms with Gasteiger partial charge in [-0.15, -0.1) is 0 Å². The Hall–Kier alpha value is -2.86. The highest BCUT2D eigenvalue weighted by molar-refractivity contribution is 6.06. The van der Waals surface area contributed by atoms with Gasteiger partial charge in [0.2, 0.25) is 11.8 Å². The second-order valence-electron chi connectivity index (χ2n) is 7.55. The maximum atomic E-state index is 12.2. The van der Waals surface area contributed by atoms with Gasteiger partial charge in [0.15, 0.2) is 11.5 Å². The summed E-state index contributed by atoms with van der Waals surface area (Å²) >= 11 is 0. The largest absolute Gasteiger partial charge is 0.493 e. The van der Waals surface area contributed by atoms with Crippen LogP contribution in [0.1, 0.15) is 24.0 Å². The highest BCUT2D eigenvalue weighted by Crippen LogP contribution is 2.38. The van der Waals surface area contributed by atoms with Gasteiger partial charge >= 0.3 is 0 Å². The molecule has 1 N–H and O–H groups in total. The van der Waals surface area contributed by atoms with E-state index in [2.05, 4.69) is 10.2 Å². The number of nitrogens with one attached hydrogen (secondary N) is 1. The van der Waals surface area contributed by atoms with Gasteiger partial charge in [-0.1, -0.05) is 36.4 Å². The minimum atomic E-state index is -0.545. The predicted octanol–water partition coefficient (Wildman–Crippen LogP) is 2.51. The number of likely N-dealkylation sites (tertiary alicyclic amines) is 1. The Morgan fingerprint density at radius 3 is 2.61 bits per heavy atom. The standard InChI is InChI=1S/C22H24N2O4/c1-27-18-8-7-17(11-19(18)28-14-16-5-3-2-4-6-16)13-24-10-9-22(15-24)12-20(25)23-21(22)26/h2-8,11H,9-10,12-15H2,1H3,(H,23,25,26). The molecule has 2 aromatic carbocycles. The van der Waals surface area contributed by atoms with Crippen molar-refractivity contribution in [2.24, 2.45) is 5.41 Å². The van der Waals surface area contributed by atoms with E-state index in [1.54, 1.807) is 7.11 Å². The minimum Gasteiger partial charge on any atom is -0.493 e. The number of imide groups is 1. The zero-order valence-corrected chi connectivity index (χ0v) is 15.9. The molecule has 2 fully saturated rings. The number of benzene rings is 2. The summed E-state index contributed by atoms with van der Waals surface area (Å²) in [6, 6.07) is 15.9. The lowest BCUT2D eigenvalue weighted by Crippen LogP contribution is -2.34. The minimum absolute atomic E-state index is 0.124. The average molecular weight is 380 g/mol. The molecule has 28 heavy (non-hydrogen) atoms. The van der Waals surface area contributed by atoms with E-state index in [0.29, 0.717) is 37.6 Å². The Balaban J connectivity index is 1.44. The van der Waals surface area contributed by atoms with Crippen LogP contribution in [0.3, 0.4) is 0 Å². The summed E-state index contributed by atoms with van der Waals surface area (Å²) in [6.07, 6.45) is 1.02. The normalized spacial score (nSPS) is 21.9. The van der Waals surface area contributed by atoms with Gasteiger partial charge in [0.05, 0.1) is 12.5 Å². The molecular formula is C22H24N2O4. The zero-order chi connectivity index (χ0) is 19.6. The van der Waals surface area contributed by atoms with Crippen LogP contribution in [0.25, 0.3) is 0 Å². The fraction of sp³-hybridized carbons (Fsp3) is 0.364. The summed E-state index contributed by atoms with van der Waals surface area (Å²) in [6.45, 7) is 2.58. The Labute approximate surface area is 164 Å². The Morgan fingerprint density at radius 2 is 1.89 bits per heavy atom. The highest BCUT2D eigenvalue weighted by atomic mass is 16.5. The number of amides is 2. The molecule has 0 aromatic heterocycles. The van der Waals surface area contributed by atoms with Gasteiger partial charge in [-0.2, -0.15) is 0 Å². The van der Waals surface area contributed by atoms with Crippen molar-refractivity contribution in [1.29, 1.82) is 0 Å². The summed E-state index contributed by atoms with van der Waals surface area (Å²) in [5.74, 6) is 1.11. The predicted molar refractivity (Wildman–Crippen MR) is 104 cm³/mol. The Morgan fingerprint density at radius 1 is 1.07 bits per heavy atom. The quantitative estimate of drug-likeness (QED) is 0.780. The van der Waals surface area contributed by atoms with E-state index in [1.807, 2.05) is 48.5 Å². The van der Waals surface area contributed by atoms with Gasteiger partial charge < -0.3 is 9.47 Å². The number of nitrogens with zero attached hydrogens (tertiary/aromatic N) is 1. The third-order valence-electron chi connectivity index (χ3n) is 5.54. The van der Waals surface area contributed by atoms with Gasteiger partial charge in [0.25, 0.3) is 0 Å². The average Bonchev–Trinajstić information content (AvgIpc) is 3.23. The molecule has 2 aliphatic heterocycles. The fourth-order valence-electron chi connectivity index (χ4n) is 4.04. The van der Waals surface area contributed by atoms with E-state index >= 15 is 0 Å². The molecule has 2 heterocycles. The smallest absolute Gasteiger partial charge is 0.234 e. The number of hydrogen-bond donors (Lipinski definition) is 1. The molecule has 1 unspecified atom stereocenters. The molecule has 6 heteroatoms. The third kappa shape index (κ3) is 3.73. The van der Waals surface area contributed by atoms with Crippen LogP contribution in [-0.2, 0) is 22.7 Å². The van der Waals surface area contributed by atoms with Crippen molar-refractivity contribution in [3.63, 3.8) is 0 Å². The van der Waals surface area contributed by atoms with Gasteiger partial charge in [-0.05, 0) is 36.2 Å². The number of methoxy groups -OCH3 is 1. The van der Waals surface area contributed by atoms with E-state index in [1.165, 1.54) is 0 Å². The monoisotopic (exact) mass is 380 g/mol. The van der Waals surface area contributed by atoms with Crippen molar-refractivity contribution in [3.8, 4) is 11.5 Å². The van der Waals surface area contributed by atoms with Crippen LogP contribution in [0.15, 0.2) is 48.5 Å². The molecule has 0 saturated carbocycles. The topological polar surface area (TPSA) is 67.9 Å². The van der Waals surface area contributed by atoms with Crippen LogP contribution in [0.5, 0.6) is 11.5 Å². The number of ether oxygens (including phenoxy) is 2. The van der Waals surface area contributed by atoms with Crippen molar-refractivity contribution in [2.75, 3.05) is 20.2 Å². The maximum absolute atomic E-state index is 12.2. The van der Waals surface area contributed by atoms with Gasteiger partial charge in [0.1, 0.15) is 6.61 Å². The zero-order valence-electron chi connectivity index (χ0n) is 15.9. The Kier molecular flexibility index (Phi) is 5.05. The first kappa shape index (κ1) is 18.5. The molecule has 1 spiro atoms. The lowest BCUT2D eigenvalue weighted by atomic mass is 9.85. The number of carbonyl (C=O) groups excluding carboxylic acids is 2. The summed E-state index contributed by atoms with van der Waals surface area (Å²) < 4.78 is 11.4. The number of hydrogen-bond acceptors (Lipinski definition) is 5. The van der Waals surface area contributed by atoms with E-state index in [9.17, 15) is 9.59 Å². The van der Waals surface area contributed by atoms with Crippen LogP contribution >= 0.6 is 0 Å². The Bertz CT molecular complexity index is 883. The van der Waals surface area contributed by atoms with Gasteiger partial charge in [-0.25, -0.2) is 0 Å². The molecule has 6 nitrogen and oxygen atoms in total. The van der Waals surface area contributed by atoms with Gasteiger partial charge in [-0.3, -0.25) is 19.8 Å². The molecule has 0 bridgehead atoms. The molecule has 0 radical (unpaired) electrons. The molecule has 4 rings (SSSR count). The molecule has 2 aliphatic rings. The van der Waals surface area contributed by atoms with Gasteiger partial charge in [0, 0.05) is 19.5 Å². The first-order valence-corrected chi connectivity index (χ1v) is 9.48. The van der Waals surface area contributed by atoms with Crippen molar-refractivity contribution < 1.29 is 19.1 Å². The van der Waals surface area contributed by atoms with Crippen molar-refractivity contribution in [2.45, 2.75) is 26.0 Å². The summed E-state index contributed by atoms with van der Waals surface area (Å²) in [5, 5.41) is 2.45. The molecule has 2 aromatic rings. The first-order valence-electron chi connectivity index (χ1n) is 9.48. The van der Waals surface area contributed by atoms with E-state index < -0.39 is 5.41 Å². The van der Waals surface area contributed by atoms with Crippen LogP contribution in [0.2, 0.25) is 0 Å². The lowest BCUT2D eigenvalue weighted by Gasteiger charge is -2.21. The maximum Gasteiger partial charge on any atom is 0.234 e. The second-order valence-corrected chi connectivity index (χ2v) is 7.55. The van der Waals surface area contributed by atoms with Crippen molar-refractivity contribution in [3.05, 3.63) is 59.7 Å². The molecule has 2 saturated heterocycles. The lowest BCUT2D eigenvalue weighted by molar-refractivity contribution is -0.128. The van der Waals surface area contributed by atoms with Crippen LogP contribution in [-0.4, -0.2) is 36.9 Å². The third-order valence-corrected chi connectivity index (χ3v) is 5.54. The number of carbonyl (C=O) groups is 2. The van der Waals surface area contributed by atoms with Crippen LogP contribution in [0.4, 0.5) is 0 Å². The van der Waals surface area contributed by atoms with Crippen LogP contribution < -0.4 is 14.8 Å². The molecule has 146 valence electrons. The van der Waals surface area contributed by atoms with Crippen molar-refractivity contribution >= 4 is 11.8 Å². The first-order chi connectivity index (χ1) is 13.6. The number of rotatable bonds is 6.